The van der Waals surface area contributed by atoms with Gasteiger partial charge in [0.05, 0.1) is 0 Å². The number of hydrogen-bond donors (Lipinski definition) is 2. The summed E-state index contributed by atoms with van der Waals surface area (Å²) in [4.78, 5) is 0. The first-order valence-corrected chi connectivity index (χ1v) is 8.61. The lowest BCUT2D eigenvalue weighted by molar-refractivity contribution is 0.375. The SMILES string of the molecule is CO[Si](C)(CC(C)CNCCN)C(C)C. The second kappa shape index (κ2) is 7.38. The molecule has 2 atom stereocenters. The van der Waals surface area contributed by atoms with Crippen molar-refractivity contribution < 1.29 is 4.43 Å². The smallest absolute Gasteiger partial charge is 0.192 e. The van der Waals surface area contributed by atoms with Crippen LogP contribution in [0.15, 0.2) is 0 Å². The molecule has 0 saturated carbocycles. The maximum absolute atomic E-state index is 5.76. The minimum atomic E-state index is -1.50. The Labute approximate surface area is 95.9 Å². The summed E-state index contributed by atoms with van der Waals surface area (Å²) in [6.45, 7) is 11.8. The van der Waals surface area contributed by atoms with Crippen molar-refractivity contribution in [1.29, 1.82) is 0 Å². The fourth-order valence-electron chi connectivity index (χ4n) is 1.77. The highest BCUT2D eigenvalue weighted by Gasteiger charge is 2.33. The predicted molar refractivity (Wildman–Crippen MR) is 69.6 cm³/mol. The predicted octanol–water partition coefficient (Wildman–Crippen LogP) is 1.80. The minimum absolute atomic E-state index is 0.676. The van der Waals surface area contributed by atoms with Gasteiger partial charge < -0.3 is 15.5 Å². The number of nitrogens with one attached hydrogen (secondary N) is 1. The molecular weight excluding hydrogens is 204 g/mol. The zero-order valence-corrected chi connectivity index (χ0v) is 12.0. The molecule has 15 heavy (non-hydrogen) atoms. The van der Waals surface area contributed by atoms with Crippen molar-refractivity contribution in [2.24, 2.45) is 11.7 Å². The molecule has 0 spiro atoms. The quantitative estimate of drug-likeness (QED) is 0.495. The van der Waals surface area contributed by atoms with Crippen LogP contribution in [-0.4, -0.2) is 35.1 Å². The summed E-state index contributed by atoms with van der Waals surface area (Å²) in [6, 6.07) is 1.22. The fourth-order valence-corrected chi connectivity index (χ4v) is 4.41. The molecule has 0 aromatic heterocycles. The van der Waals surface area contributed by atoms with Crippen LogP contribution in [0, 0.1) is 5.92 Å². The van der Waals surface area contributed by atoms with E-state index in [0.717, 1.165) is 19.6 Å². The molecule has 2 unspecified atom stereocenters. The van der Waals surface area contributed by atoms with Crippen molar-refractivity contribution in [2.45, 2.75) is 38.9 Å². The molecule has 0 fully saturated rings. The number of rotatable bonds is 8. The van der Waals surface area contributed by atoms with Crippen molar-refractivity contribution >= 4 is 8.32 Å². The molecule has 3 N–H and O–H groups in total. The van der Waals surface area contributed by atoms with Crippen LogP contribution in [0.5, 0.6) is 0 Å². The first-order valence-electron chi connectivity index (χ1n) is 5.92. The topological polar surface area (TPSA) is 47.3 Å². The summed E-state index contributed by atoms with van der Waals surface area (Å²) < 4.78 is 5.76. The molecule has 0 aliphatic carbocycles. The van der Waals surface area contributed by atoms with Gasteiger partial charge in [-0.05, 0) is 30.6 Å². The van der Waals surface area contributed by atoms with Gasteiger partial charge in [-0.2, -0.15) is 0 Å². The van der Waals surface area contributed by atoms with Gasteiger partial charge in [-0.3, -0.25) is 0 Å². The third-order valence-electron chi connectivity index (χ3n) is 3.26. The lowest BCUT2D eigenvalue weighted by atomic mass is 10.2. The summed E-state index contributed by atoms with van der Waals surface area (Å²) in [5.74, 6) is 0.676. The second-order valence-electron chi connectivity index (χ2n) is 4.97. The van der Waals surface area contributed by atoms with Crippen LogP contribution in [-0.2, 0) is 4.43 Å². The van der Waals surface area contributed by atoms with Gasteiger partial charge in [0.2, 0.25) is 0 Å². The molecule has 0 aliphatic heterocycles. The molecule has 3 nitrogen and oxygen atoms in total. The van der Waals surface area contributed by atoms with E-state index < -0.39 is 8.32 Å². The van der Waals surface area contributed by atoms with Gasteiger partial charge in [-0.1, -0.05) is 20.8 Å². The Kier molecular flexibility index (Phi) is 7.43. The summed E-state index contributed by atoms with van der Waals surface area (Å²) >= 11 is 0. The lowest BCUT2D eigenvalue weighted by Gasteiger charge is -2.32. The summed E-state index contributed by atoms with van der Waals surface area (Å²) in [7, 11) is 0.372. The van der Waals surface area contributed by atoms with Crippen LogP contribution < -0.4 is 11.1 Å². The molecule has 0 rings (SSSR count). The van der Waals surface area contributed by atoms with Crippen LogP contribution in [0.3, 0.4) is 0 Å². The highest BCUT2D eigenvalue weighted by atomic mass is 28.4. The minimum Gasteiger partial charge on any atom is -0.420 e. The van der Waals surface area contributed by atoms with Crippen LogP contribution in [0.4, 0.5) is 0 Å². The largest absolute Gasteiger partial charge is 0.420 e. The Balaban J connectivity index is 3.95. The average molecular weight is 232 g/mol. The standard InChI is InChI=1S/C11H28N2OSi/c1-10(2)15(5,14-4)9-11(3)8-13-7-6-12/h10-11,13H,6-9,12H2,1-5H3. The molecule has 0 aromatic rings. The molecule has 0 radical (unpaired) electrons. The fraction of sp³-hybridized carbons (Fsp3) is 1.00. The Morgan fingerprint density at radius 2 is 1.93 bits per heavy atom. The first-order chi connectivity index (χ1) is 6.96. The number of hydrogen-bond acceptors (Lipinski definition) is 3. The maximum Gasteiger partial charge on any atom is 0.192 e. The van der Waals surface area contributed by atoms with Gasteiger partial charge in [-0.15, -0.1) is 0 Å². The Bertz CT molecular complexity index is 167. The van der Waals surface area contributed by atoms with Crippen molar-refractivity contribution in [3.8, 4) is 0 Å². The van der Waals surface area contributed by atoms with E-state index in [1.165, 1.54) is 6.04 Å². The molecule has 0 bridgehead atoms. The highest BCUT2D eigenvalue weighted by molar-refractivity contribution is 6.73. The molecule has 0 amide bonds. The monoisotopic (exact) mass is 232 g/mol. The molecule has 0 aromatic carbocycles. The van der Waals surface area contributed by atoms with Gasteiger partial charge in [0.1, 0.15) is 0 Å². The summed E-state index contributed by atoms with van der Waals surface area (Å²) in [6.07, 6.45) is 0. The molecule has 4 heteroatoms. The molecule has 0 saturated heterocycles. The van der Waals surface area contributed by atoms with Gasteiger partial charge in [0, 0.05) is 20.2 Å². The zero-order chi connectivity index (χ0) is 11.9. The summed E-state index contributed by atoms with van der Waals surface area (Å²) in [5.41, 5.74) is 6.12. The average Bonchev–Trinajstić information content (AvgIpc) is 2.17. The van der Waals surface area contributed by atoms with Crippen molar-refractivity contribution in [2.75, 3.05) is 26.7 Å². The number of nitrogens with two attached hydrogens (primary N) is 1. The first kappa shape index (κ1) is 15.1. The Morgan fingerprint density at radius 1 is 1.33 bits per heavy atom. The Hall–Kier alpha value is 0.0969. The van der Waals surface area contributed by atoms with E-state index in [9.17, 15) is 0 Å². The van der Waals surface area contributed by atoms with Crippen LogP contribution >= 0.6 is 0 Å². The normalized spacial score (nSPS) is 17.8. The van der Waals surface area contributed by atoms with Crippen molar-refractivity contribution in [3.63, 3.8) is 0 Å². The van der Waals surface area contributed by atoms with Gasteiger partial charge in [-0.25, -0.2) is 0 Å². The summed E-state index contributed by atoms with van der Waals surface area (Å²) in [5, 5.41) is 3.36. The van der Waals surface area contributed by atoms with Crippen molar-refractivity contribution in [1.82, 2.24) is 5.32 Å². The highest BCUT2D eigenvalue weighted by Crippen LogP contribution is 2.28. The van der Waals surface area contributed by atoms with E-state index >= 15 is 0 Å². The van der Waals surface area contributed by atoms with Crippen LogP contribution in [0.2, 0.25) is 18.1 Å². The second-order valence-corrected chi connectivity index (χ2v) is 9.57. The third kappa shape index (κ3) is 5.66. The molecule has 0 heterocycles. The lowest BCUT2D eigenvalue weighted by Crippen LogP contribution is -2.40. The van der Waals surface area contributed by atoms with Crippen molar-refractivity contribution in [3.05, 3.63) is 0 Å². The maximum atomic E-state index is 5.76. The zero-order valence-electron chi connectivity index (χ0n) is 11.0. The Morgan fingerprint density at radius 3 is 2.33 bits per heavy atom. The van der Waals surface area contributed by atoms with E-state index in [1.807, 2.05) is 7.11 Å². The molecule has 0 aliphatic rings. The van der Waals surface area contributed by atoms with E-state index in [-0.39, 0.29) is 0 Å². The molecule has 92 valence electrons. The van der Waals surface area contributed by atoms with E-state index in [4.69, 9.17) is 10.2 Å². The van der Waals surface area contributed by atoms with E-state index in [0.29, 0.717) is 11.5 Å². The van der Waals surface area contributed by atoms with Crippen LogP contribution in [0.25, 0.3) is 0 Å². The van der Waals surface area contributed by atoms with E-state index in [2.05, 4.69) is 32.6 Å². The van der Waals surface area contributed by atoms with Gasteiger partial charge >= 0.3 is 0 Å². The van der Waals surface area contributed by atoms with Crippen LogP contribution in [0.1, 0.15) is 20.8 Å². The van der Waals surface area contributed by atoms with Gasteiger partial charge in [0.15, 0.2) is 8.32 Å². The third-order valence-corrected chi connectivity index (χ3v) is 8.14. The molecular formula is C11H28N2OSi. The van der Waals surface area contributed by atoms with E-state index in [1.54, 1.807) is 0 Å². The van der Waals surface area contributed by atoms with Gasteiger partial charge in [0.25, 0.3) is 0 Å².